The Morgan fingerprint density at radius 2 is 0.593 bits per heavy atom. The molecule has 0 saturated heterocycles. The summed E-state index contributed by atoms with van der Waals surface area (Å²) in [6, 6.07) is 0. The van der Waals surface area contributed by atoms with Crippen molar-refractivity contribution in [2.75, 3.05) is 39.6 Å². The summed E-state index contributed by atoms with van der Waals surface area (Å²) < 4.78 is 68.0. The van der Waals surface area contributed by atoms with E-state index in [9.17, 15) is 43.2 Å². The van der Waals surface area contributed by atoms with Crippen LogP contribution in [0, 0.1) is 11.8 Å². The molecule has 0 amide bonds. The minimum absolute atomic E-state index is 0.106. The van der Waals surface area contributed by atoms with Gasteiger partial charge in [0.25, 0.3) is 0 Å². The van der Waals surface area contributed by atoms with E-state index in [-0.39, 0.29) is 25.7 Å². The standard InChI is InChI=1S/C67H130O17P2/c1-7-10-12-14-15-16-17-21-28-33-39-45-51-66(71)83-62(55-77-64(69)49-43-35-13-11-8-2)57-81-85(73,74)79-53-61(68)54-80-86(75,76)82-58-63(56-78-65(70)50-44-38-32-27-24-23-26-31-37-42-48-60(6)9-3)84-67(72)52-46-40-34-29-22-19-18-20-25-30-36-41-47-59(4)5/h59-63,68H,7-58H2,1-6H3,(H,73,74)(H,75,76)/t60?,61-,62+,63+/m0/s1. The van der Waals surface area contributed by atoms with Crippen molar-refractivity contribution in [3.05, 3.63) is 0 Å². The van der Waals surface area contributed by atoms with Crippen LogP contribution in [0.15, 0.2) is 0 Å². The third kappa shape index (κ3) is 59.7. The monoisotopic (exact) mass is 1270 g/mol. The maximum absolute atomic E-state index is 13.0. The number of phosphoric ester groups is 2. The van der Waals surface area contributed by atoms with E-state index in [1.807, 2.05) is 0 Å². The molecule has 6 atom stereocenters. The Morgan fingerprint density at radius 1 is 0.337 bits per heavy atom. The number of hydrogen-bond donors (Lipinski definition) is 3. The molecule has 0 radical (unpaired) electrons. The number of unbranched alkanes of at least 4 members (excludes halogenated alkanes) is 35. The van der Waals surface area contributed by atoms with Crippen molar-refractivity contribution in [1.29, 1.82) is 0 Å². The second-order valence-corrected chi connectivity index (χ2v) is 27.8. The SMILES string of the molecule is CCCCCCCCCCCCCCC(=O)O[C@H](COC(=O)CCCCCCC)COP(=O)(O)OC[C@H](O)COP(=O)(O)OC[C@@H](COC(=O)CCCCCCCCCCCCC(C)CC)OC(=O)CCCCCCCCCCCCCCC(C)C. The summed E-state index contributed by atoms with van der Waals surface area (Å²) in [6.45, 7) is 9.48. The first-order valence-electron chi connectivity index (χ1n) is 35.0. The topological polar surface area (TPSA) is 237 Å². The smallest absolute Gasteiger partial charge is 0.462 e. The quantitative estimate of drug-likeness (QED) is 0.0222. The van der Waals surface area contributed by atoms with E-state index >= 15 is 0 Å². The van der Waals surface area contributed by atoms with Crippen LogP contribution < -0.4 is 0 Å². The Kier molecular flexibility index (Phi) is 58.0. The predicted molar refractivity (Wildman–Crippen MR) is 345 cm³/mol. The van der Waals surface area contributed by atoms with Gasteiger partial charge in [0.2, 0.25) is 0 Å². The Labute approximate surface area is 524 Å². The molecule has 0 rings (SSSR count). The molecular formula is C67H130O17P2. The molecule has 3 N–H and O–H groups in total. The number of rotatable bonds is 66. The van der Waals surface area contributed by atoms with Gasteiger partial charge in [-0.1, -0.05) is 286 Å². The molecule has 0 aliphatic carbocycles. The number of aliphatic hydroxyl groups is 1. The Balaban J connectivity index is 5.18. The summed E-state index contributed by atoms with van der Waals surface area (Å²) >= 11 is 0. The highest BCUT2D eigenvalue weighted by Gasteiger charge is 2.30. The van der Waals surface area contributed by atoms with Gasteiger partial charge >= 0.3 is 39.5 Å². The van der Waals surface area contributed by atoms with Gasteiger partial charge < -0.3 is 33.8 Å². The molecule has 3 unspecified atom stereocenters. The van der Waals surface area contributed by atoms with Crippen molar-refractivity contribution in [1.82, 2.24) is 0 Å². The third-order valence-corrected chi connectivity index (χ3v) is 17.7. The molecule has 0 aromatic rings. The molecule has 19 heteroatoms. The molecule has 0 aliphatic rings. The summed E-state index contributed by atoms with van der Waals surface area (Å²) in [5, 5.41) is 10.5. The van der Waals surface area contributed by atoms with E-state index < -0.39 is 97.5 Å². The predicted octanol–water partition coefficient (Wildman–Crippen LogP) is 18.8. The molecule has 86 heavy (non-hydrogen) atoms. The normalized spacial score (nSPS) is 14.5. The van der Waals surface area contributed by atoms with Crippen molar-refractivity contribution in [3.63, 3.8) is 0 Å². The minimum atomic E-state index is -4.95. The molecular weight excluding hydrogens is 1140 g/mol. The van der Waals surface area contributed by atoms with Gasteiger partial charge in [-0.15, -0.1) is 0 Å². The highest BCUT2D eigenvalue weighted by molar-refractivity contribution is 7.47. The number of hydrogen-bond acceptors (Lipinski definition) is 15. The van der Waals surface area contributed by atoms with Crippen LogP contribution in [0.3, 0.4) is 0 Å². The van der Waals surface area contributed by atoms with Crippen LogP contribution >= 0.6 is 15.6 Å². The van der Waals surface area contributed by atoms with Crippen LogP contribution in [0.25, 0.3) is 0 Å². The fraction of sp³-hybridized carbons (Fsp3) is 0.940. The summed E-state index contributed by atoms with van der Waals surface area (Å²) in [4.78, 5) is 72.2. The maximum atomic E-state index is 13.0. The molecule has 0 heterocycles. The summed E-state index contributed by atoms with van der Waals surface area (Å²) in [5.41, 5.74) is 0. The van der Waals surface area contributed by atoms with Crippen molar-refractivity contribution in [2.45, 2.75) is 355 Å². The molecule has 17 nitrogen and oxygen atoms in total. The third-order valence-electron chi connectivity index (χ3n) is 15.8. The second kappa shape index (κ2) is 59.4. The Bertz CT molecular complexity index is 1690. The zero-order valence-electron chi connectivity index (χ0n) is 55.6. The average Bonchev–Trinajstić information content (AvgIpc) is 3.54. The van der Waals surface area contributed by atoms with E-state index in [1.165, 1.54) is 148 Å². The summed E-state index contributed by atoms with van der Waals surface area (Å²) in [6.07, 6.45) is 43.2. The summed E-state index contributed by atoms with van der Waals surface area (Å²) in [7, 11) is -9.89. The lowest BCUT2D eigenvalue weighted by Gasteiger charge is -2.21. The molecule has 510 valence electrons. The molecule has 0 aliphatic heterocycles. The molecule has 0 aromatic carbocycles. The van der Waals surface area contributed by atoms with Gasteiger partial charge in [0, 0.05) is 25.7 Å². The highest BCUT2D eigenvalue weighted by atomic mass is 31.2. The van der Waals surface area contributed by atoms with Gasteiger partial charge in [-0.3, -0.25) is 37.3 Å². The van der Waals surface area contributed by atoms with Crippen LogP contribution in [-0.4, -0.2) is 96.7 Å². The van der Waals surface area contributed by atoms with Crippen LogP contribution in [0.5, 0.6) is 0 Å². The first kappa shape index (κ1) is 84.1. The number of carbonyl (C=O) groups excluding carboxylic acids is 4. The van der Waals surface area contributed by atoms with Gasteiger partial charge in [-0.2, -0.15) is 0 Å². The van der Waals surface area contributed by atoms with Gasteiger partial charge in [0.05, 0.1) is 26.4 Å². The lowest BCUT2D eigenvalue weighted by Crippen LogP contribution is -2.30. The van der Waals surface area contributed by atoms with E-state index in [0.29, 0.717) is 25.7 Å². The second-order valence-electron chi connectivity index (χ2n) is 24.9. The van der Waals surface area contributed by atoms with Crippen molar-refractivity contribution in [3.8, 4) is 0 Å². The van der Waals surface area contributed by atoms with Crippen molar-refractivity contribution in [2.24, 2.45) is 11.8 Å². The average molecular weight is 1270 g/mol. The summed E-state index contributed by atoms with van der Waals surface area (Å²) in [5.74, 6) is -0.552. The fourth-order valence-corrected chi connectivity index (χ4v) is 11.6. The van der Waals surface area contributed by atoms with Gasteiger partial charge in [-0.05, 0) is 37.5 Å². The van der Waals surface area contributed by atoms with E-state index in [0.717, 1.165) is 108 Å². The van der Waals surface area contributed by atoms with Gasteiger partial charge in [0.15, 0.2) is 12.2 Å². The highest BCUT2D eigenvalue weighted by Crippen LogP contribution is 2.45. The number of phosphoric acid groups is 2. The van der Waals surface area contributed by atoms with Crippen LogP contribution in [0.1, 0.15) is 337 Å². The zero-order chi connectivity index (χ0) is 63.6. The number of aliphatic hydroxyl groups excluding tert-OH is 1. The van der Waals surface area contributed by atoms with E-state index in [2.05, 4.69) is 41.5 Å². The lowest BCUT2D eigenvalue weighted by molar-refractivity contribution is -0.161. The van der Waals surface area contributed by atoms with Crippen LogP contribution in [-0.2, 0) is 65.4 Å². The van der Waals surface area contributed by atoms with Crippen LogP contribution in [0.4, 0.5) is 0 Å². The first-order chi connectivity index (χ1) is 41.4. The van der Waals surface area contributed by atoms with Gasteiger partial charge in [-0.25, -0.2) is 9.13 Å². The maximum Gasteiger partial charge on any atom is 0.472 e. The first-order valence-corrected chi connectivity index (χ1v) is 38.0. The lowest BCUT2D eigenvalue weighted by atomic mass is 9.99. The number of ether oxygens (including phenoxy) is 4. The fourth-order valence-electron chi connectivity index (χ4n) is 10.0. The van der Waals surface area contributed by atoms with E-state index in [4.69, 9.17) is 37.0 Å². The molecule has 0 aromatic heterocycles. The van der Waals surface area contributed by atoms with E-state index in [1.54, 1.807) is 0 Å². The molecule has 0 fully saturated rings. The number of esters is 4. The van der Waals surface area contributed by atoms with Crippen molar-refractivity contribution < 1.29 is 80.2 Å². The number of carbonyl (C=O) groups is 4. The minimum Gasteiger partial charge on any atom is -0.462 e. The Morgan fingerprint density at radius 3 is 0.884 bits per heavy atom. The molecule has 0 bridgehead atoms. The van der Waals surface area contributed by atoms with Crippen molar-refractivity contribution >= 4 is 39.5 Å². The molecule has 0 saturated carbocycles. The zero-order valence-corrected chi connectivity index (χ0v) is 57.4. The molecule has 0 spiro atoms. The van der Waals surface area contributed by atoms with Gasteiger partial charge in [0.1, 0.15) is 19.3 Å². The largest absolute Gasteiger partial charge is 0.472 e. The van der Waals surface area contributed by atoms with Crippen LogP contribution in [0.2, 0.25) is 0 Å². The Hall–Kier alpha value is -1.94.